The Morgan fingerprint density at radius 3 is 3.00 bits per heavy atom. The molecule has 0 heterocycles. The Balaban J connectivity index is 2.22. The van der Waals surface area contributed by atoms with Crippen LogP contribution in [-0.2, 0) is 4.79 Å². The Labute approximate surface area is 114 Å². The summed E-state index contributed by atoms with van der Waals surface area (Å²) in [4.78, 5) is 11.7. The van der Waals surface area contributed by atoms with Crippen molar-refractivity contribution in [3.8, 4) is 18.1 Å². The van der Waals surface area contributed by atoms with Gasteiger partial charge >= 0.3 is 0 Å². The predicted octanol–water partition coefficient (Wildman–Crippen LogP) is 2.03. The van der Waals surface area contributed by atoms with Crippen molar-refractivity contribution in [1.82, 2.24) is 5.32 Å². The third-order valence-electron chi connectivity index (χ3n) is 2.56. The number of rotatable bonds is 8. The summed E-state index contributed by atoms with van der Waals surface area (Å²) in [5, 5.41) is 5.89. The van der Waals surface area contributed by atoms with Gasteiger partial charge in [-0.05, 0) is 31.5 Å². The number of benzene rings is 1. The molecule has 0 aliphatic rings. The Bertz CT molecular complexity index is 438. The second-order valence-corrected chi connectivity index (χ2v) is 4.12. The van der Waals surface area contributed by atoms with Gasteiger partial charge < -0.3 is 15.4 Å². The number of nitrogens with one attached hydrogen (secondary N) is 2. The van der Waals surface area contributed by atoms with Crippen molar-refractivity contribution in [2.75, 3.05) is 25.5 Å². The predicted molar refractivity (Wildman–Crippen MR) is 77.2 cm³/mol. The number of ether oxygens (including phenoxy) is 1. The smallest absolute Gasteiger partial charge is 0.238 e. The minimum Gasteiger partial charge on any atom is -0.497 e. The third kappa shape index (κ3) is 6.49. The van der Waals surface area contributed by atoms with Gasteiger partial charge in [0.25, 0.3) is 0 Å². The van der Waals surface area contributed by atoms with Crippen molar-refractivity contribution in [3.05, 3.63) is 24.3 Å². The molecule has 102 valence electrons. The standard InChI is InChI=1S/C15H20N2O2/c1-3-4-5-6-10-16-12-15(18)17-13-8-7-9-14(11-13)19-2/h1,7-9,11,16H,4-6,10,12H2,2H3,(H,17,18). The zero-order chi connectivity index (χ0) is 13.9. The van der Waals surface area contributed by atoms with Gasteiger partial charge in [0.1, 0.15) is 5.75 Å². The highest BCUT2D eigenvalue weighted by Gasteiger charge is 2.02. The molecule has 4 nitrogen and oxygen atoms in total. The SMILES string of the molecule is C#CCCCCNCC(=O)Nc1cccc(OC)c1. The maximum atomic E-state index is 11.7. The summed E-state index contributed by atoms with van der Waals surface area (Å²) in [7, 11) is 1.60. The summed E-state index contributed by atoms with van der Waals surface area (Å²) < 4.78 is 5.09. The van der Waals surface area contributed by atoms with Crippen molar-refractivity contribution in [2.45, 2.75) is 19.3 Å². The van der Waals surface area contributed by atoms with Gasteiger partial charge in [0.05, 0.1) is 13.7 Å². The van der Waals surface area contributed by atoms with Crippen molar-refractivity contribution in [3.63, 3.8) is 0 Å². The molecule has 4 heteroatoms. The van der Waals surface area contributed by atoms with E-state index < -0.39 is 0 Å². The minimum atomic E-state index is -0.0646. The van der Waals surface area contributed by atoms with Crippen molar-refractivity contribution in [1.29, 1.82) is 0 Å². The van der Waals surface area contributed by atoms with Gasteiger partial charge in [0.2, 0.25) is 5.91 Å². The molecule has 0 saturated heterocycles. The van der Waals surface area contributed by atoms with Gasteiger partial charge in [-0.3, -0.25) is 4.79 Å². The highest BCUT2D eigenvalue weighted by atomic mass is 16.5. The molecule has 0 atom stereocenters. The van der Waals surface area contributed by atoms with E-state index in [4.69, 9.17) is 11.2 Å². The second-order valence-electron chi connectivity index (χ2n) is 4.12. The maximum Gasteiger partial charge on any atom is 0.238 e. The lowest BCUT2D eigenvalue weighted by atomic mass is 10.2. The number of anilines is 1. The Morgan fingerprint density at radius 1 is 1.42 bits per heavy atom. The van der Waals surface area contributed by atoms with Crippen LogP contribution in [0.5, 0.6) is 5.75 Å². The number of carbonyl (C=O) groups excluding carboxylic acids is 1. The largest absolute Gasteiger partial charge is 0.497 e. The van der Waals surface area contributed by atoms with Crippen LogP contribution in [0.25, 0.3) is 0 Å². The Kier molecular flexibility index (Phi) is 7.14. The van der Waals surface area contributed by atoms with E-state index in [1.807, 2.05) is 18.2 Å². The normalized spacial score (nSPS) is 9.68. The van der Waals surface area contributed by atoms with Crippen molar-refractivity contribution in [2.24, 2.45) is 0 Å². The van der Waals surface area contributed by atoms with E-state index in [9.17, 15) is 4.79 Å². The van der Waals surface area contributed by atoms with Crippen LogP contribution in [0.4, 0.5) is 5.69 Å². The van der Waals surface area contributed by atoms with Gasteiger partial charge in [-0.15, -0.1) is 12.3 Å². The minimum absolute atomic E-state index is 0.0646. The first kappa shape index (κ1) is 15.1. The quantitative estimate of drug-likeness (QED) is 0.555. The summed E-state index contributed by atoms with van der Waals surface area (Å²) in [6.45, 7) is 1.10. The van der Waals surface area contributed by atoms with Gasteiger partial charge in [-0.25, -0.2) is 0 Å². The molecule has 1 aromatic rings. The molecule has 0 saturated carbocycles. The fourth-order valence-corrected chi connectivity index (χ4v) is 1.58. The number of hydrogen-bond acceptors (Lipinski definition) is 3. The lowest BCUT2D eigenvalue weighted by molar-refractivity contribution is -0.115. The number of unbranched alkanes of at least 4 members (excludes halogenated alkanes) is 2. The van der Waals surface area contributed by atoms with Gasteiger partial charge in [0, 0.05) is 18.2 Å². The first-order valence-corrected chi connectivity index (χ1v) is 6.34. The van der Waals surface area contributed by atoms with Crippen LogP contribution >= 0.6 is 0 Å². The molecule has 0 radical (unpaired) electrons. The van der Waals surface area contributed by atoms with Gasteiger partial charge in [-0.1, -0.05) is 6.07 Å². The molecule has 0 aliphatic carbocycles. The molecule has 0 aliphatic heterocycles. The van der Waals surface area contributed by atoms with Gasteiger partial charge in [-0.2, -0.15) is 0 Å². The van der Waals surface area contributed by atoms with Crippen molar-refractivity contribution >= 4 is 11.6 Å². The molecule has 1 amide bonds. The number of hydrogen-bond donors (Lipinski definition) is 2. The Hall–Kier alpha value is -1.99. The van der Waals surface area contributed by atoms with Crippen LogP contribution in [0.1, 0.15) is 19.3 Å². The molecule has 1 aromatic carbocycles. The summed E-state index contributed by atoms with van der Waals surface area (Å²) >= 11 is 0. The van der Waals surface area contributed by atoms with Crippen molar-refractivity contribution < 1.29 is 9.53 Å². The molecule has 19 heavy (non-hydrogen) atoms. The van der Waals surface area contributed by atoms with Crippen LogP contribution in [0.15, 0.2) is 24.3 Å². The molecule has 1 rings (SSSR count). The van der Waals surface area contributed by atoms with E-state index in [0.29, 0.717) is 6.54 Å². The molecule has 0 unspecified atom stereocenters. The molecule has 2 N–H and O–H groups in total. The van der Waals surface area contributed by atoms with Gasteiger partial charge in [0.15, 0.2) is 0 Å². The zero-order valence-electron chi connectivity index (χ0n) is 11.2. The van der Waals surface area contributed by atoms with E-state index in [1.54, 1.807) is 13.2 Å². The van der Waals surface area contributed by atoms with E-state index in [0.717, 1.165) is 37.2 Å². The third-order valence-corrected chi connectivity index (χ3v) is 2.56. The fraction of sp³-hybridized carbons (Fsp3) is 0.400. The average Bonchev–Trinajstić information content (AvgIpc) is 2.43. The number of amides is 1. The number of carbonyl (C=O) groups is 1. The molecular weight excluding hydrogens is 240 g/mol. The van der Waals surface area contributed by atoms with E-state index in [2.05, 4.69) is 16.6 Å². The van der Waals surface area contributed by atoms with Crippen LogP contribution in [0, 0.1) is 12.3 Å². The summed E-state index contributed by atoms with van der Waals surface area (Å²) in [6, 6.07) is 7.28. The zero-order valence-corrected chi connectivity index (χ0v) is 11.2. The van der Waals surface area contributed by atoms with E-state index >= 15 is 0 Å². The summed E-state index contributed by atoms with van der Waals surface area (Å²) in [5.74, 6) is 3.25. The van der Waals surface area contributed by atoms with Crippen LogP contribution in [0.3, 0.4) is 0 Å². The first-order valence-electron chi connectivity index (χ1n) is 6.34. The fourth-order valence-electron chi connectivity index (χ4n) is 1.58. The summed E-state index contributed by atoms with van der Waals surface area (Å²) in [5.41, 5.74) is 0.735. The molecule has 0 aromatic heterocycles. The molecular formula is C15H20N2O2. The number of methoxy groups -OCH3 is 1. The number of terminal acetylenes is 1. The van der Waals surface area contributed by atoms with Crippen LogP contribution in [0.2, 0.25) is 0 Å². The Morgan fingerprint density at radius 2 is 2.26 bits per heavy atom. The van der Waals surface area contributed by atoms with E-state index in [1.165, 1.54) is 0 Å². The average molecular weight is 260 g/mol. The lowest BCUT2D eigenvalue weighted by Gasteiger charge is -2.07. The lowest BCUT2D eigenvalue weighted by Crippen LogP contribution is -2.28. The maximum absolute atomic E-state index is 11.7. The first-order chi connectivity index (χ1) is 9.26. The highest BCUT2D eigenvalue weighted by Crippen LogP contribution is 2.16. The molecule has 0 spiro atoms. The van der Waals surface area contributed by atoms with E-state index in [-0.39, 0.29) is 5.91 Å². The second kappa shape index (κ2) is 9.01. The topological polar surface area (TPSA) is 50.4 Å². The van der Waals surface area contributed by atoms with Crippen LogP contribution in [-0.4, -0.2) is 26.1 Å². The van der Waals surface area contributed by atoms with Crippen LogP contribution < -0.4 is 15.4 Å². The molecule has 0 fully saturated rings. The monoisotopic (exact) mass is 260 g/mol. The molecule has 0 bridgehead atoms. The summed E-state index contributed by atoms with van der Waals surface area (Å²) in [6.07, 6.45) is 7.92. The highest BCUT2D eigenvalue weighted by molar-refractivity contribution is 5.92.